The molecule has 0 fully saturated rings. The SMILES string of the molecule is CCCc1ccc(C=C(Cc2ccccc2)C(OC(C)=O)OC(C)=O)cc1. The number of carbonyl (C=O) groups is 2. The van der Waals surface area contributed by atoms with E-state index in [2.05, 4.69) is 19.1 Å². The van der Waals surface area contributed by atoms with Gasteiger partial charge in [-0.05, 0) is 29.2 Å². The molecule has 2 aromatic rings. The Hall–Kier alpha value is -2.88. The molecule has 0 bridgehead atoms. The molecule has 27 heavy (non-hydrogen) atoms. The number of rotatable bonds is 8. The number of hydrogen-bond donors (Lipinski definition) is 0. The lowest BCUT2D eigenvalue weighted by Gasteiger charge is -2.20. The molecule has 0 aliphatic carbocycles. The first-order valence-corrected chi connectivity index (χ1v) is 9.15. The molecule has 0 saturated heterocycles. The summed E-state index contributed by atoms with van der Waals surface area (Å²) in [5.74, 6) is -1.00. The zero-order valence-electron chi connectivity index (χ0n) is 16.1. The molecule has 0 saturated carbocycles. The number of aryl methyl sites for hydroxylation is 1. The predicted octanol–water partition coefficient (Wildman–Crippen LogP) is 4.72. The summed E-state index contributed by atoms with van der Waals surface area (Å²) in [6.45, 7) is 4.75. The van der Waals surface area contributed by atoms with Gasteiger partial charge in [-0.3, -0.25) is 9.59 Å². The highest BCUT2D eigenvalue weighted by Gasteiger charge is 2.21. The highest BCUT2D eigenvalue weighted by molar-refractivity contribution is 5.69. The number of ether oxygens (including phenoxy) is 2. The summed E-state index contributed by atoms with van der Waals surface area (Å²) >= 11 is 0. The number of carbonyl (C=O) groups excluding carboxylic acids is 2. The normalized spacial score (nSPS) is 11.3. The second-order valence-corrected chi connectivity index (χ2v) is 6.42. The maximum absolute atomic E-state index is 11.5. The lowest BCUT2D eigenvalue weighted by molar-refractivity contribution is -0.178. The quantitative estimate of drug-likeness (QED) is 0.501. The Morgan fingerprint density at radius 2 is 1.48 bits per heavy atom. The van der Waals surface area contributed by atoms with E-state index in [1.165, 1.54) is 19.4 Å². The van der Waals surface area contributed by atoms with E-state index in [0.717, 1.165) is 24.0 Å². The highest BCUT2D eigenvalue weighted by atomic mass is 16.7. The fourth-order valence-electron chi connectivity index (χ4n) is 2.79. The molecule has 0 aromatic heterocycles. The van der Waals surface area contributed by atoms with Crippen LogP contribution in [0.25, 0.3) is 6.08 Å². The van der Waals surface area contributed by atoms with Crippen molar-refractivity contribution >= 4 is 18.0 Å². The van der Waals surface area contributed by atoms with Gasteiger partial charge < -0.3 is 9.47 Å². The largest absolute Gasteiger partial charge is 0.421 e. The molecule has 4 heteroatoms. The van der Waals surface area contributed by atoms with E-state index in [1.807, 2.05) is 48.5 Å². The summed E-state index contributed by atoms with van der Waals surface area (Å²) in [7, 11) is 0. The maximum Gasteiger partial charge on any atom is 0.305 e. The Kier molecular flexibility index (Phi) is 7.80. The fraction of sp³-hybridized carbons (Fsp3) is 0.304. The average Bonchev–Trinajstić information content (AvgIpc) is 2.62. The van der Waals surface area contributed by atoms with E-state index in [0.29, 0.717) is 12.0 Å². The molecule has 0 atom stereocenters. The topological polar surface area (TPSA) is 52.6 Å². The van der Waals surface area contributed by atoms with Crippen molar-refractivity contribution in [3.05, 3.63) is 76.9 Å². The summed E-state index contributed by atoms with van der Waals surface area (Å²) in [4.78, 5) is 23.0. The second kappa shape index (κ2) is 10.3. The number of benzene rings is 2. The van der Waals surface area contributed by atoms with E-state index in [-0.39, 0.29) is 0 Å². The number of esters is 2. The van der Waals surface area contributed by atoms with E-state index in [4.69, 9.17) is 9.47 Å². The number of hydrogen-bond acceptors (Lipinski definition) is 4. The fourth-order valence-corrected chi connectivity index (χ4v) is 2.79. The van der Waals surface area contributed by atoms with Crippen LogP contribution in [0.5, 0.6) is 0 Å². The Bertz CT molecular complexity index is 760. The second-order valence-electron chi connectivity index (χ2n) is 6.42. The van der Waals surface area contributed by atoms with E-state index in [9.17, 15) is 9.59 Å². The average molecular weight is 366 g/mol. The summed E-state index contributed by atoms with van der Waals surface area (Å²) in [6.07, 6.45) is 3.50. The standard InChI is InChI=1S/C23H26O4/c1-4-8-19-11-13-21(14-12-19)16-22(15-20-9-6-5-7-10-20)23(26-17(2)24)27-18(3)25/h5-7,9-14,16,23H,4,8,15H2,1-3H3. The van der Waals surface area contributed by atoms with E-state index < -0.39 is 18.2 Å². The van der Waals surface area contributed by atoms with Gasteiger partial charge in [-0.1, -0.05) is 67.9 Å². The minimum absolute atomic E-state index is 0.501. The van der Waals surface area contributed by atoms with Crippen molar-refractivity contribution in [2.24, 2.45) is 0 Å². The predicted molar refractivity (Wildman–Crippen MR) is 106 cm³/mol. The first-order chi connectivity index (χ1) is 13.0. The lowest BCUT2D eigenvalue weighted by atomic mass is 10.0. The zero-order valence-corrected chi connectivity index (χ0v) is 16.1. The molecule has 0 spiro atoms. The van der Waals surface area contributed by atoms with Crippen LogP contribution in [0, 0.1) is 0 Å². The highest BCUT2D eigenvalue weighted by Crippen LogP contribution is 2.20. The Morgan fingerprint density at radius 3 is 2.00 bits per heavy atom. The van der Waals surface area contributed by atoms with Gasteiger partial charge >= 0.3 is 11.9 Å². The van der Waals surface area contributed by atoms with Crippen molar-refractivity contribution in [2.75, 3.05) is 0 Å². The van der Waals surface area contributed by atoms with Crippen LogP contribution in [0.3, 0.4) is 0 Å². The van der Waals surface area contributed by atoms with E-state index in [1.54, 1.807) is 0 Å². The third kappa shape index (κ3) is 7.10. The van der Waals surface area contributed by atoms with Crippen molar-refractivity contribution in [2.45, 2.75) is 46.3 Å². The Labute approximate surface area is 160 Å². The molecule has 142 valence electrons. The molecule has 4 nitrogen and oxygen atoms in total. The third-order valence-electron chi connectivity index (χ3n) is 3.97. The van der Waals surface area contributed by atoms with Crippen LogP contribution >= 0.6 is 0 Å². The summed E-state index contributed by atoms with van der Waals surface area (Å²) in [5.41, 5.74) is 3.98. The van der Waals surface area contributed by atoms with Crippen LogP contribution in [0.2, 0.25) is 0 Å². The lowest BCUT2D eigenvalue weighted by Crippen LogP contribution is -2.25. The van der Waals surface area contributed by atoms with E-state index >= 15 is 0 Å². The van der Waals surface area contributed by atoms with Gasteiger partial charge in [0.2, 0.25) is 0 Å². The van der Waals surface area contributed by atoms with Gasteiger partial charge in [0.25, 0.3) is 6.29 Å². The molecule has 2 rings (SSSR count). The van der Waals surface area contributed by atoms with Crippen molar-refractivity contribution in [3.63, 3.8) is 0 Å². The summed E-state index contributed by atoms with van der Waals surface area (Å²) < 4.78 is 10.6. The smallest absolute Gasteiger partial charge is 0.305 e. The molecule has 0 aliphatic heterocycles. The van der Waals surface area contributed by atoms with Gasteiger partial charge in [0.15, 0.2) is 0 Å². The summed E-state index contributed by atoms with van der Waals surface area (Å²) in [5, 5.41) is 0. The van der Waals surface area contributed by atoms with Gasteiger partial charge in [-0.25, -0.2) is 0 Å². The van der Waals surface area contributed by atoms with Gasteiger partial charge in [0, 0.05) is 25.8 Å². The van der Waals surface area contributed by atoms with Crippen LogP contribution < -0.4 is 0 Å². The van der Waals surface area contributed by atoms with Crippen molar-refractivity contribution in [1.29, 1.82) is 0 Å². The molecule has 0 aliphatic rings. The van der Waals surface area contributed by atoms with Crippen LogP contribution in [-0.4, -0.2) is 18.2 Å². The van der Waals surface area contributed by atoms with Crippen LogP contribution in [-0.2, 0) is 31.9 Å². The maximum atomic E-state index is 11.5. The van der Waals surface area contributed by atoms with Crippen molar-refractivity contribution in [3.8, 4) is 0 Å². The monoisotopic (exact) mass is 366 g/mol. The first kappa shape index (κ1) is 20.4. The molecule has 0 unspecified atom stereocenters. The molecule has 2 aromatic carbocycles. The Balaban J connectivity index is 2.36. The van der Waals surface area contributed by atoms with Crippen molar-refractivity contribution < 1.29 is 19.1 Å². The van der Waals surface area contributed by atoms with Crippen LogP contribution in [0.4, 0.5) is 0 Å². The molecule has 0 radical (unpaired) electrons. The third-order valence-corrected chi connectivity index (χ3v) is 3.97. The van der Waals surface area contributed by atoms with Crippen molar-refractivity contribution in [1.82, 2.24) is 0 Å². The molecule has 0 N–H and O–H groups in total. The zero-order chi connectivity index (χ0) is 19.6. The minimum Gasteiger partial charge on any atom is -0.421 e. The molecule has 0 amide bonds. The molecular weight excluding hydrogens is 340 g/mol. The van der Waals surface area contributed by atoms with Crippen LogP contribution in [0.15, 0.2) is 60.2 Å². The van der Waals surface area contributed by atoms with Gasteiger partial charge in [0.05, 0.1) is 0 Å². The minimum atomic E-state index is -1.05. The van der Waals surface area contributed by atoms with Gasteiger partial charge in [-0.2, -0.15) is 0 Å². The first-order valence-electron chi connectivity index (χ1n) is 9.15. The van der Waals surface area contributed by atoms with Gasteiger partial charge in [0.1, 0.15) is 0 Å². The molecule has 0 heterocycles. The van der Waals surface area contributed by atoms with Gasteiger partial charge in [-0.15, -0.1) is 0 Å². The Morgan fingerprint density at radius 1 is 0.889 bits per heavy atom. The van der Waals surface area contributed by atoms with Crippen LogP contribution in [0.1, 0.15) is 43.9 Å². The molecular formula is C23H26O4. The summed E-state index contributed by atoms with van der Waals surface area (Å²) in [6, 6.07) is 18.0.